The second-order valence-electron chi connectivity index (χ2n) is 4.16. The Morgan fingerprint density at radius 2 is 1.50 bits per heavy atom. The summed E-state index contributed by atoms with van der Waals surface area (Å²) in [6.07, 6.45) is -4.25. The maximum absolute atomic E-state index is 11.1. The molecule has 0 aromatic rings. The summed E-state index contributed by atoms with van der Waals surface area (Å²) in [4.78, 5) is 33.2. The van der Waals surface area contributed by atoms with Crippen molar-refractivity contribution in [1.82, 2.24) is 0 Å². The average molecular weight is 285 g/mol. The molecule has 0 saturated carbocycles. The Morgan fingerprint density at radius 3 is 1.95 bits per heavy atom. The molecule has 0 spiro atoms. The molecule has 0 aromatic carbocycles. The maximum Gasteiger partial charge on any atom is 0.305 e. The molecular weight excluding hydrogens is 270 g/mol. The van der Waals surface area contributed by atoms with E-state index in [1.807, 2.05) is 6.07 Å². The number of nitrogens with zero attached hydrogens (tertiary/aromatic N) is 1. The molecule has 1 heterocycles. The summed E-state index contributed by atoms with van der Waals surface area (Å²) in [5.74, 6) is -1.92. The zero-order valence-corrected chi connectivity index (χ0v) is 11.3. The van der Waals surface area contributed by atoms with Gasteiger partial charge in [0.1, 0.15) is 6.10 Å². The fourth-order valence-electron chi connectivity index (χ4n) is 1.86. The normalized spacial score (nSPS) is 28.3. The van der Waals surface area contributed by atoms with Crippen LogP contribution in [0.4, 0.5) is 0 Å². The fraction of sp³-hybridized carbons (Fsp3) is 0.667. The number of carbonyl (C=O) groups excluding carboxylic acids is 3. The molecule has 1 aliphatic heterocycles. The molecule has 0 aromatic heterocycles. The zero-order valence-electron chi connectivity index (χ0n) is 11.3. The molecule has 8 nitrogen and oxygen atoms in total. The second kappa shape index (κ2) is 6.86. The van der Waals surface area contributed by atoms with Crippen LogP contribution in [0.15, 0.2) is 0 Å². The molecule has 0 amide bonds. The summed E-state index contributed by atoms with van der Waals surface area (Å²) in [6.45, 7) is 3.49. The third kappa shape index (κ3) is 4.20. The lowest BCUT2D eigenvalue weighted by molar-refractivity contribution is -0.195. The molecule has 0 aliphatic carbocycles. The molecule has 0 N–H and O–H groups in total. The third-order valence-electron chi connectivity index (χ3n) is 2.45. The summed E-state index contributed by atoms with van der Waals surface area (Å²) in [6, 6.07) is 1.86. The summed E-state index contributed by atoms with van der Waals surface area (Å²) < 4.78 is 20.2. The largest absolute Gasteiger partial charge is 0.455 e. The van der Waals surface area contributed by atoms with E-state index in [1.165, 1.54) is 6.92 Å². The summed E-state index contributed by atoms with van der Waals surface area (Å²) in [7, 11) is 0. The van der Waals surface area contributed by atoms with E-state index in [0.29, 0.717) is 0 Å². The highest BCUT2D eigenvalue weighted by molar-refractivity contribution is 5.68. The Kier molecular flexibility index (Phi) is 5.46. The van der Waals surface area contributed by atoms with Crippen molar-refractivity contribution in [2.45, 2.75) is 51.8 Å². The van der Waals surface area contributed by atoms with Crippen LogP contribution in [0.5, 0.6) is 0 Å². The number of carbonyl (C=O) groups is 3. The SMILES string of the molecule is CC(=O)O[C@H]1O[C@H](CC#N)[C@@H](OC(C)=O)[C@H]1OC(C)=O. The van der Waals surface area contributed by atoms with E-state index in [2.05, 4.69) is 0 Å². The van der Waals surface area contributed by atoms with Gasteiger partial charge in [-0.15, -0.1) is 0 Å². The maximum atomic E-state index is 11.1. The second-order valence-corrected chi connectivity index (χ2v) is 4.16. The summed E-state index contributed by atoms with van der Waals surface area (Å²) >= 11 is 0. The van der Waals surface area contributed by atoms with Crippen molar-refractivity contribution < 1.29 is 33.3 Å². The Morgan fingerprint density at radius 1 is 1.00 bits per heavy atom. The van der Waals surface area contributed by atoms with Crippen molar-refractivity contribution in [3.63, 3.8) is 0 Å². The topological polar surface area (TPSA) is 112 Å². The quantitative estimate of drug-likeness (QED) is 0.526. The van der Waals surface area contributed by atoms with Crippen LogP contribution in [0.1, 0.15) is 27.2 Å². The van der Waals surface area contributed by atoms with E-state index >= 15 is 0 Å². The van der Waals surface area contributed by atoms with Crippen molar-refractivity contribution in [3.8, 4) is 6.07 Å². The minimum Gasteiger partial charge on any atom is -0.455 e. The van der Waals surface area contributed by atoms with Crippen LogP contribution < -0.4 is 0 Å². The predicted octanol–water partition coefficient (Wildman–Crippen LogP) is 0.0515. The molecule has 1 aliphatic rings. The van der Waals surface area contributed by atoms with Crippen LogP contribution >= 0.6 is 0 Å². The molecule has 1 fully saturated rings. The lowest BCUT2D eigenvalue weighted by Crippen LogP contribution is -2.40. The number of hydrogen-bond donors (Lipinski definition) is 0. The molecule has 1 rings (SSSR count). The first-order chi connectivity index (χ1) is 9.35. The van der Waals surface area contributed by atoms with Crippen molar-refractivity contribution >= 4 is 17.9 Å². The molecule has 20 heavy (non-hydrogen) atoms. The summed E-state index contributed by atoms with van der Waals surface area (Å²) in [5.41, 5.74) is 0. The van der Waals surface area contributed by atoms with Gasteiger partial charge in [0.25, 0.3) is 0 Å². The number of esters is 3. The van der Waals surface area contributed by atoms with Gasteiger partial charge in [0.15, 0.2) is 6.10 Å². The minimum absolute atomic E-state index is 0.104. The Hall–Kier alpha value is -2.14. The highest BCUT2D eigenvalue weighted by atomic mass is 16.7. The third-order valence-corrected chi connectivity index (χ3v) is 2.45. The smallest absolute Gasteiger partial charge is 0.305 e. The average Bonchev–Trinajstić information content (AvgIpc) is 2.57. The van der Waals surface area contributed by atoms with Crippen LogP contribution in [-0.2, 0) is 33.3 Å². The molecule has 0 bridgehead atoms. The van der Waals surface area contributed by atoms with Gasteiger partial charge in [0.05, 0.1) is 12.5 Å². The van der Waals surface area contributed by atoms with Crippen LogP contribution in [-0.4, -0.2) is 42.5 Å². The minimum atomic E-state index is -1.21. The van der Waals surface area contributed by atoms with Crippen LogP contribution in [0, 0.1) is 11.3 Å². The van der Waals surface area contributed by atoms with Gasteiger partial charge in [-0.05, 0) is 0 Å². The monoisotopic (exact) mass is 285 g/mol. The molecule has 8 heteroatoms. The Bertz CT molecular complexity index is 442. The van der Waals surface area contributed by atoms with Gasteiger partial charge >= 0.3 is 17.9 Å². The standard InChI is InChI=1S/C12H15NO7/c1-6(14)17-10-9(4-5-13)20-12(19-8(3)16)11(10)18-7(2)15/h9-12H,4H2,1-3H3/t9-,10-,11-,12+/m1/s1. The first kappa shape index (κ1) is 15.9. The van der Waals surface area contributed by atoms with E-state index in [1.54, 1.807) is 0 Å². The predicted molar refractivity (Wildman–Crippen MR) is 61.8 cm³/mol. The number of rotatable bonds is 4. The van der Waals surface area contributed by atoms with Crippen molar-refractivity contribution in [1.29, 1.82) is 5.26 Å². The van der Waals surface area contributed by atoms with Gasteiger partial charge < -0.3 is 18.9 Å². The van der Waals surface area contributed by atoms with E-state index in [4.69, 9.17) is 24.2 Å². The van der Waals surface area contributed by atoms with Gasteiger partial charge in [0.2, 0.25) is 12.4 Å². The van der Waals surface area contributed by atoms with E-state index in [-0.39, 0.29) is 6.42 Å². The Balaban J connectivity index is 2.96. The van der Waals surface area contributed by atoms with E-state index in [9.17, 15) is 14.4 Å². The van der Waals surface area contributed by atoms with Gasteiger partial charge in [0, 0.05) is 20.8 Å². The van der Waals surface area contributed by atoms with Gasteiger partial charge in [-0.3, -0.25) is 14.4 Å². The van der Waals surface area contributed by atoms with Crippen molar-refractivity contribution in [2.75, 3.05) is 0 Å². The number of ether oxygens (including phenoxy) is 4. The van der Waals surface area contributed by atoms with E-state index < -0.39 is 42.5 Å². The van der Waals surface area contributed by atoms with E-state index in [0.717, 1.165) is 13.8 Å². The fourth-order valence-corrected chi connectivity index (χ4v) is 1.86. The molecular formula is C12H15NO7. The molecule has 0 unspecified atom stereocenters. The first-order valence-electron chi connectivity index (χ1n) is 5.89. The van der Waals surface area contributed by atoms with Crippen LogP contribution in [0.3, 0.4) is 0 Å². The van der Waals surface area contributed by atoms with Crippen molar-refractivity contribution in [2.24, 2.45) is 0 Å². The summed E-state index contributed by atoms with van der Waals surface area (Å²) in [5, 5.41) is 8.73. The van der Waals surface area contributed by atoms with Crippen molar-refractivity contribution in [3.05, 3.63) is 0 Å². The highest BCUT2D eigenvalue weighted by Crippen LogP contribution is 2.29. The lowest BCUT2D eigenvalue weighted by atomic mass is 10.1. The van der Waals surface area contributed by atoms with Gasteiger partial charge in [-0.2, -0.15) is 5.26 Å². The molecule has 110 valence electrons. The van der Waals surface area contributed by atoms with Crippen LogP contribution in [0.25, 0.3) is 0 Å². The molecule has 4 atom stereocenters. The van der Waals surface area contributed by atoms with Gasteiger partial charge in [-0.25, -0.2) is 0 Å². The van der Waals surface area contributed by atoms with Gasteiger partial charge in [-0.1, -0.05) is 0 Å². The number of hydrogen-bond acceptors (Lipinski definition) is 8. The number of nitriles is 1. The Labute approximate surface area is 115 Å². The molecule has 1 saturated heterocycles. The first-order valence-corrected chi connectivity index (χ1v) is 5.89. The molecule has 0 radical (unpaired) electrons. The lowest BCUT2D eigenvalue weighted by Gasteiger charge is -2.22. The zero-order chi connectivity index (χ0) is 15.3. The highest BCUT2D eigenvalue weighted by Gasteiger charge is 2.50. The van der Waals surface area contributed by atoms with Crippen LogP contribution in [0.2, 0.25) is 0 Å².